The van der Waals surface area contributed by atoms with Crippen LogP contribution >= 0.6 is 0 Å². The standard InChI is InChI=1S/C21H16F3NO6/c1-2-28-20(27)12-9-25(15-10-5-3-7-13(22)16(10)29-18(12)15)19(26)11-6-4-8-14-17(11)31-21(23,24)30-14/h3-8,12,15,18H,2,9H2,1H3/t12-,15+,18+/m1/s1. The summed E-state index contributed by atoms with van der Waals surface area (Å²) in [5, 5.41) is 0. The first kappa shape index (κ1) is 19.5. The molecule has 162 valence electrons. The van der Waals surface area contributed by atoms with Gasteiger partial charge in [-0.2, -0.15) is 0 Å². The number of hydrogen-bond donors (Lipinski definition) is 0. The van der Waals surface area contributed by atoms with E-state index in [1.165, 1.54) is 35.2 Å². The monoisotopic (exact) mass is 435 g/mol. The van der Waals surface area contributed by atoms with Gasteiger partial charge in [-0.25, -0.2) is 4.39 Å². The van der Waals surface area contributed by atoms with Crippen molar-refractivity contribution in [1.82, 2.24) is 4.90 Å². The normalized spacial score (nSPS) is 24.4. The van der Waals surface area contributed by atoms with Gasteiger partial charge in [-0.1, -0.05) is 18.2 Å². The first-order chi connectivity index (χ1) is 14.8. The number of alkyl halides is 2. The van der Waals surface area contributed by atoms with Crippen LogP contribution < -0.4 is 14.2 Å². The molecule has 0 bridgehead atoms. The molecule has 0 N–H and O–H groups in total. The van der Waals surface area contributed by atoms with Crippen molar-refractivity contribution < 1.29 is 41.7 Å². The van der Waals surface area contributed by atoms with Crippen LogP contribution in [0.4, 0.5) is 13.2 Å². The van der Waals surface area contributed by atoms with E-state index in [1.54, 1.807) is 13.0 Å². The smallest absolute Gasteiger partial charge is 0.483 e. The molecule has 2 aromatic carbocycles. The average Bonchev–Trinajstić information content (AvgIpc) is 3.36. The highest BCUT2D eigenvalue weighted by Gasteiger charge is 2.56. The molecule has 3 atom stereocenters. The van der Waals surface area contributed by atoms with Crippen LogP contribution in [-0.4, -0.2) is 42.3 Å². The number of rotatable bonds is 3. The fraction of sp³-hybridized carbons (Fsp3) is 0.333. The summed E-state index contributed by atoms with van der Waals surface area (Å²) in [6, 6.07) is 7.43. The number of fused-ring (bicyclic) bond motifs is 4. The molecule has 10 heteroatoms. The lowest BCUT2D eigenvalue weighted by Crippen LogP contribution is -2.33. The Bertz CT molecular complexity index is 1090. The molecule has 3 aliphatic heterocycles. The summed E-state index contributed by atoms with van der Waals surface area (Å²) in [5.74, 6) is -3.50. The van der Waals surface area contributed by atoms with Gasteiger partial charge in [0.1, 0.15) is 12.0 Å². The first-order valence-corrected chi connectivity index (χ1v) is 9.62. The molecule has 1 fully saturated rings. The number of amides is 1. The van der Waals surface area contributed by atoms with Crippen LogP contribution in [0.3, 0.4) is 0 Å². The third-order valence-corrected chi connectivity index (χ3v) is 5.52. The van der Waals surface area contributed by atoms with Crippen LogP contribution in [0.15, 0.2) is 36.4 Å². The van der Waals surface area contributed by atoms with E-state index in [1.807, 2.05) is 0 Å². The third kappa shape index (κ3) is 2.96. The molecular weight excluding hydrogens is 419 g/mol. The average molecular weight is 435 g/mol. The molecule has 0 spiro atoms. The van der Waals surface area contributed by atoms with Gasteiger partial charge in [0, 0.05) is 12.1 Å². The zero-order valence-corrected chi connectivity index (χ0v) is 16.1. The molecule has 3 heterocycles. The van der Waals surface area contributed by atoms with E-state index in [9.17, 15) is 22.8 Å². The maximum atomic E-state index is 14.3. The highest BCUT2D eigenvalue weighted by molar-refractivity contribution is 5.99. The molecule has 0 aromatic heterocycles. The Morgan fingerprint density at radius 2 is 1.94 bits per heavy atom. The van der Waals surface area contributed by atoms with Crippen molar-refractivity contribution in [3.8, 4) is 17.2 Å². The Morgan fingerprint density at radius 1 is 1.16 bits per heavy atom. The summed E-state index contributed by atoms with van der Waals surface area (Å²) in [4.78, 5) is 27.2. The number of esters is 1. The largest absolute Gasteiger partial charge is 0.586 e. The summed E-state index contributed by atoms with van der Waals surface area (Å²) in [6.07, 6.45) is -4.77. The van der Waals surface area contributed by atoms with Gasteiger partial charge < -0.3 is 23.8 Å². The topological polar surface area (TPSA) is 74.3 Å². The molecule has 7 nitrogen and oxygen atoms in total. The van der Waals surface area contributed by atoms with E-state index in [0.29, 0.717) is 5.56 Å². The van der Waals surface area contributed by atoms with Crippen molar-refractivity contribution in [2.75, 3.05) is 13.2 Å². The van der Waals surface area contributed by atoms with Crippen molar-refractivity contribution in [3.05, 3.63) is 53.3 Å². The van der Waals surface area contributed by atoms with Crippen LogP contribution in [0, 0.1) is 11.7 Å². The molecular formula is C21H16F3NO6. The quantitative estimate of drug-likeness (QED) is 0.689. The van der Waals surface area contributed by atoms with E-state index in [2.05, 4.69) is 9.47 Å². The second-order valence-electron chi connectivity index (χ2n) is 7.30. The number of carbonyl (C=O) groups is 2. The summed E-state index contributed by atoms with van der Waals surface area (Å²) >= 11 is 0. The van der Waals surface area contributed by atoms with Crippen molar-refractivity contribution in [2.24, 2.45) is 5.92 Å². The minimum atomic E-state index is -3.90. The van der Waals surface area contributed by atoms with E-state index < -0.39 is 47.8 Å². The van der Waals surface area contributed by atoms with Gasteiger partial charge in [0.25, 0.3) is 5.91 Å². The summed E-state index contributed by atoms with van der Waals surface area (Å²) in [6.45, 7) is 1.67. The molecule has 0 radical (unpaired) electrons. The van der Waals surface area contributed by atoms with Crippen LogP contribution in [0.25, 0.3) is 0 Å². The van der Waals surface area contributed by atoms with Crippen molar-refractivity contribution in [3.63, 3.8) is 0 Å². The number of para-hydroxylation sites is 2. The second kappa shape index (κ2) is 6.79. The predicted molar refractivity (Wildman–Crippen MR) is 97.4 cm³/mol. The highest BCUT2D eigenvalue weighted by atomic mass is 19.3. The zero-order chi connectivity index (χ0) is 21.9. The number of ether oxygens (including phenoxy) is 4. The number of benzene rings is 2. The Labute approximate surface area is 174 Å². The number of halogens is 3. The molecule has 1 saturated heterocycles. The van der Waals surface area contributed by atoms with Gasteiger partial charge in [0.2, 0.25) is 0 Å². The van der Waals surface area contributed by atoms with Crippen LogP contribution in [0.2, 0.25) is 0 Å². The Morgan fingerprint density at radius 3 is 2.71 bits per heavy atom. The predicted octanol–water partition coefficient (Wildman–Crippen LogP) is 3.28. The first-order valence-electron chi connectivity index (χ1n) is 9.62. The van der Waals surface area contributed by atoms with Crippen LogP contribution in [-0.2, 0) is 9.53 Å². The summed E-state index contributed by atoms with van der Waals surface area (Å²) in [5.41, 5.74) is 0.225. The molecule has 0 aliphatic carbocycles. The summed E-state index contributed by atoms with van der Waals surface area (Å²) in [7, 11) is 0. The van der Waals surface area contributed by atoms with Gasteiger partial charge in [-0.05, 0) is 25.1 Å². The molecule has 2 aromatic rings. The van der Waals surface area contributed by atoms with Gasteiger partial charge >= 0.3 is 12.3 Å². The number of likely N-dealkylation sites (tertiary alicyclic amines) is 1. The lowest BCUT2D eigenvalue weighted by molar-refractivity contribution is -0.286. The Hall–Kier alpha value is -3.43. The third-order valence-electron chi connectivity index (χ3n) is 5.52. The fourth-order valence-electron chi connectivity index (χ4n) is 4.30. The molecule has 3 aliphatic rings. The maximum absolute atomic E-state index is 14.3. The van der Waals surface area contributed by atoms with E-state index in [-0.39, 0.29) is 30.2 Å². The van der Waals surface area contributed by atoms with Crippen molar-refractivity contribution in [1.29, 1.82) is 0 Å². The molecule has 5 rings (SSSR count). The number of nitrogens with zero attached hydrogens (tertiary/aromatic N) is 1. The lowest BCUT2D eigenvalue weighted by atomic mass is 9.98. The van der Waals surface area contributed by atoms with E-state index >= 15 is 0 Å². The Kier molecular flexibility index (Phi) is 4.28. The van der Waals surface area contributed by atoms with Gasteiger partial charge in [-0.15, -0.1) is 8.78 Å². The molecule has 0 unspecified atom stereocenters. The second-order valence-corrected chi connectivity index (χ2v) is 7.30. The minimum Gasteiger partial charge on any atom is -0.483 e. The number of carbonyl (C=O) groups excluding carboxylic acids is 2. The van der Waals surface area contributed by atoms with Crippen LogP contribution in [0.5, 0.6) is 17.2 Å². The van der Waals surface area contributed by atoms with Gasteiger partial charge in [0.15, 0.2) is 23.1 Å². The lowest BCUT2D eigenvalue weighted by Gasteiger charge is -2.23. The SMILES string of the molecule is CCOC(=O)[C@@H]1CN(C(=O)c2cccc3c2OC(F)(F)O3)[C@H]2c3cccc(F)c3O[C@@H]12. The van der Waals surface area contributed by atoms with Crippen molar-refractivity contribution >= 4 is 11.9 Å². The fourth-order valence-corrected chi connectivity index (χ4v) is 4.30. The molecule has 31 heavy (non-hydrogen) atoms. The van der Waals surface area contributed by atoms with Gasteiger partial charge in [-0.3, -0.25) is 9.59 Å². The maximum Gasteiger partial charge on any atom is 0.586 e. The molecule has 0 saturated carbocycles. The van der Waals surface area contributed by atoms with Crippen LogP contribution in [0.1, 0.15) is 28.9 Å². The number of hydrogen-bond acceptors (Lipinski definition) is 6. The summed E-state index contributed by atoms with van der Waals surface area (Å²) < 4.78 is 61.3. The van der Waals surface area contributed by atoms with E-state index in [0.717, 1.165) is 0 Å². The Balaban J connectivity index is 1.55. The zero-order valence-electron chi connectivity index (χ0n) is 16.1. The molecule has 1 amide bonds. The highest BCUT2D eigenvalue weighted by Crippen LogP contribution is 2.50. The van der Waals surface area contributed by atoms with E-state index in [4.69, 9.17) is 9.47 Å². The van der Waals surface area contributed by atoms with Gasteiger partial charge in [0.05, 0.1) is 18.2 Å². The van der Waals surface area contributed by atoms with Crippen molar-refractivity contribution in [2.45, 2.75) is 25.4 Å². The minimum absolute atomic E-state index is 0.0475.